The van der Waals surface area contributed by atoms with Crippen molar-refractivity contribution < 1.29 is 0 Å². The summed E-state index contributed by atoms with van der Waals surface area (Å²) < 4.78 is 0. The molecule has 5 aliphatic rings. The monoisotopic (exact) mass is 741 g/mol. The zero-order valence-electron chi connectivity index (χ0n) is 32.3. The molecule has 11 rings (SSSR count). The van der Waals surface area contributed by atoms with E-state index in [1.807, 2.05) is 0 Å². The molecule has 0 heterocycles. The third kappa shape index (κ3) is 5.53. The van der Waals surface area contributed by atoms with Crippen molar-refractivity contribution >= 4 is 16.9 Å². The van der Waals surface area contributed by atoms with Crippen LogP contribution in [0, 0.1) is 11.8 Å². The van der Waals surface area contributed by atoms with Gasteiger partial charge in [0.25, 0.3) is 0 Å². The van der Waals surface area contributed by atoms with Crippen molar-refractivity contribution in [2.24, 2.45) is 11.8 Å². The van der Waals surface area contributed by atoms with Gasteiger partial charge >= 0.3 is 0 Å². The Morgan fingerprint density at radius 1 is 0.500 bits per heavy atom. The van der Waals surface area contributed by atoms with Crippen LogP contribution in [-0.2, 0) is 5.41 Å². The molecule has 0 radical (unpaired) electrons. The largest absolute Gasteiger partial charge is 0.311 e. The van der Waals surface area contributed by atoms with Gasteiger partial charge in [-0.05, 0) is 98.0 Å². The average molecular weight is 742 g/mol. The molecule has 0 spiro atoms. The van der Waals surface area contributed by atoms with Crippen LogP contribution in [0.15, 0.2) is 247 Å². The Bertz CT molecular complexity index is 2750. The van der Waals surface area contributed by atoms with Gasteiger partial charge in [0.15, 0.2) is 0 Å². The van der Waals surface area contributed by atoms with Gasteiger partial charge in [0.1, 0.15) is 0 Å². The van der Waals surface area contributed by atoms with Gasteiger partial charge in [0.05, 0.1) is 5.41 Å². The van der Waals surface area contributed by atoms with Gasteiger partial charge in [-0.1, -0.05) is 200 Å². The topological polar surface area (TPSA) is 3.24 Å². The Labute approximate surface area is 342 Å². The fraction of sp³-hybridized carbons (Fsp3) is 0.0877. The number of allylic oxidation sites excluding steroid dienone is 15. The Hall–Kier alpha value is -6.96. The fourth-order valence-corrected chi connectivity index (χ4v) is 10.2. The molecule has 3 unspecified atom stereocenters. The first kappa shape index (κ1) is 34.3. The second kappa shape index (κ2) is 14.2. The molecule has 6 aromatic rings. The lowest BCUT2D eigenvalue weighted by atomic mass is 9.67. The van der Waals surface area contributed by atoms with E-state index in [9.17, 15) is 0 Å². The van der Waals surface area contributed by atoms with Crippen molar-refractivity contribution in [2.75, 3.05) is 4.90 Å². The normalized spacial score (nSPS) is 20.4. The molecule has 0 saturated heterocycles. The van der Waals surface area contributed by atoms with Gasteiger partial charge in [-0.2, -0.15) is 0 Å². The van der Waals surface area contributed by atoms with E-state index < -0.39 is 5.41 Å². The molecule has 6 aromatic carbocycles. The van der Waals surface area contributed by atoms with Crippen LogP contribution in [0.2, 0.25) is 0 Å². The van der Waals surface area contributed by atoms with Crippen LogP contribution >= 0.6 is 0 Å². The van der Waals surface area contributed by atoms with E-state index in [2.05, 4.69) is 236 Å². The Morgan fingerprint density at radius 3 is 1.86 bits per heavy atom. The SMILES string of the molecule is C1=CC2=CC(c3ccc(N(C4=CCC(c5ccccc5)C=C4)c4ccc5c(c4)C(c4ccccc4)(c4ccccc4)c4ccccc4-5)cc3)=C3C=CC=CC3C2C=C1. The smallest absolute Gasteiger partial charge is 0.0714 e. The van der Waals surface area contributed by atoms with Crippen LogP contribution in [0.25, 0.3) is 16.7 Å². The third-order valence-corrected chi connectivity index (χ3v) is 12.9. The van der Waals surface area contributed by atoms with Crippen LogP contribution < -0.4 is 4.90 Å². The van der Waals surface area contributed by atoms with Gasteiger partial charge in [-0.25, -0.2) is 0 Å². The van der Waals surface area contributed by atoms with Gasteiger partial charge in [0.2, 0.25) is 0 Å². The molecule has 3 atom stereocenters. The zero-order valence-corrected chi connectivity index (χ0v) is 32.3. The highest BCUT2D eigenvalue weighted by Gasteiger charge is 2.46. The molecule has 1 heteroatoms. The van der Waals surface area contributed by atoms with Crippen LogP contribution in [0.1, 0.15) is 45.7 Å². The molecule has 0 aromatic heterocycles. The van der Waals surface area contributed by atoms with Crippen molar-refractivity contribution in [3.8, 4) is 11.1 Å². The van der Waals surface area contributed by atoms with Crippen molar-refractivity contribution in [2.45, 2.75) is 17.8 Å². The van der Waals surface area contributed by atoms with Crippen LogP contribution in [-0.4, -0.2) is 0 Å². The van der Waals surface area contributed by atoms with Gasteiger partial charge in [0, 0.05) is 34.8 Å². The van der Waals surface area contributed by atoms with Gasteiger partial charge in [-0.3, -0.25) is 0 Å². The van der Waals surface area contributed by atoms with Crippen molar-refractivity contribution in [1.29, 1.82) is 0 Å². The number of nitrogens with zero attached hydrogens (tertiary/aromatic N) is 1. The molecule has 0 fully saturated rings. The minimum atomic E-state index is -0.476. The van der Waals surface area contributed by atoms with E-state index in [1.54, 1.807) is 0 Å². The van der Waals surface area contributed by atoms with Gasteiger partial charge in [-0.15, -0.1) is 0 Å². The predicted molar refractivity (Wildman–Crippen MR) is 242 cm³/mol. The second-order valence-electron chi connectivity index (χ2n) is 15.9. The molecule has 0 amide bonds. The molecule has 0 bridgehead atoms. The first-order valence-electron chi connectivity index (χ1n) is 20.6. The molecule has 0 saturated carbocycles. The Kier molecular flexibility index (Phi) is 8.40. The summed E-state index contributed by atoms with van der Waals surface area (Å²) >= 11 is 0. The van der Waals surface area contributed by atoms with Gasteiger partial charge < -0.3 is 4.90 Å². The second-order valence-corrected chi connectivity index (χ2v) is 15.9. The van der Waals surface area contributed by atoms with E-state index >= 15 is 0 Å². The lowest BCUT2D eigenvalue weighted by Crippen LogP contribution is -2.29. The first-order chi connectivity index (χ1) is 28.8. The molecule has 0 aliphatic heterocycles. The average Bonchev–Trinajstić information content (AvgIpc) is 3.60. The van der Waals surface area contributed by atoms with Crippen LogP contribution in [0.3, 0.4) is 0 Å². The molecule has 0 N–H and O–H groups in total. The molecule has 276 valence electrons. The summed E-state index contributed by atoms with van der Waals surface area (Å²) in [5, 5.41) is 0. The minimum absolute atomic E-state index is 0.345. The summed E-state index contributed by atoms with van der Waals surface area (Å²) in [6, 6.07) is 58.6. The number of fused-ring (bicyclic) bond motifs is 6. The van der Waals surface area contributed by atoms with E-state index in [0.717, 1.165) is 17.8 Å². The minimum Gasteiger partial charge on any atom is -0.311 e. The van der Waals surface area contributed by atoms with E-state index in [-0.39, 0.29) is 0 Å². The van der Waals surface area contributed by atoms with E-state index in [1.165, 1.54) is 66.9 Å². The van der Waals surface area contributed by atoms with E-state index in [4.69, 9.17) is 0 Å². The highest BCUT2D eigenvalue weighted by molar-refractivity contribution is 5.89. The maximum atomic E-state index is 2.48. The summed E-state index contributed by atoms with van der Waals surface area (Å²) in [6.07, 6.45) is 28.6. The number of benzene rings is 6. The number of hydrogen-bond acceptors (Lipinski definition) is 1. The fourth-order valence-electron chi connectivity index (χ4n) is 10.2. The van der Waals surface area contributed by atoms with E-state index in [0.29, 0.717) is 17.8 Å². The van der Waals surface area contributed by atoms with Crippen molar-refractivity contribution in [1.82, 2.24) is 0 Å². The highest BCUT2D eigenvalue weighted by Crippen LogP contribution is 2.57. The quantitative estimate of drug-likeness (QED) is 0.157. The maximum Gasteiger partial charge on any atom is 0.0714 e. The molecule has 5 aliphatic carbocycles. The predicted octanol–water partition coefficient (Wildman–Crippen LogP) is 14.0. The number of anilines is 2. The molecule has 1 nitrogen and oxygen atoms in total. The highest BCUT2D eigenvalue weighted by atomic mass is 15.1. The lowest BCUT2D eigenvalue weighted by Gasteiger charge is -2.35. The lowest BCUT2D eigenvalue weighted by molar-refractivity contribution is 0.618. The summed E-state index contributed by atoms with van der Waals surface area (Å²) in [5.74, 6) is 1.07. The first-order valence-corrected chi connectivity index (χ1v) is 20.6. The third-order valence-electron chi connectivity index (χ3n) is 12.9. The summed E-state index contributed by atoms with van der Waals surface area (Å²) in [5.41, 5.74) is 17.4. The van der Waals surface area contributed by atoms with Crippen LogP contribution in [0.5, 0.6) is 0 Å². The molecular formula is C57H43N. The van der Waals surface area contributed by atoms with Crippen LogP contribution in [0.4, 0.5) is 11.4 Å². The van der Waals surface area contributed by atoms with Crippen molar-refractivity contribution in [3.05, 3.63) is 281 Å². The standard InChI is InChI=1S/C57H43N/c1-4-16-40(17-5-1)41-28-32-46(33-29-41)58(47-34-30-42(31-35-47)54-38-43-18-10-11-23-49(43)50-24-12-13-25-51(50)54)48-36-37-53-52-26-14-15-27-55(52)57(56(53)39-48,44-19-6-2-7-20-44)45-21-8-3-9-22-45/h1-28,30-39,41,49-50H,29H2. The summed E-state index contributed by atoms with van der Waals surface area (Å²) in [4.78, 5) is 2.47. The number of hydrogen-bond donors (Lipinski definition) is 0. The summed E-state index contributed by atoms with van der Waals surface area (Å²) in [7, 11) is 0. The summed E-state index contributed by atoms with van der Waals surface area (Å²) in [6.45, 7) is 0. The molecular weight excluding hydrogens is 699 g/mol. The maximum absolute atomic E-state index is 2.48. The zero-order chi connectivity index (χ0) is 38.5. The number of rotatable bonds is 7. The molecule has 58 heavy (non-hydrogen) atoms. The Morgan fingerprint density at radius 2 is 1.14 bits per heavy atom. The van der Waals surface area contributed by atoms with Crippen molar-refractivity contribution in [3.63, 3.8) is 0 Å². The Balaban J connectivity index is 1.07.